The van der Waals surface area contributed by atoms with Gasteiger partial charge < -0.3 is 10.1 Å². The van der Waals surface area contributed by atoms with Gasteiger partial charge in [0.15, 0.2) is 0 Å². The highest BCUT2D eigenvalue weighted by Crippen LogP contribution is 2.82. The number of hydrogen-bond donors (Lipinski definition) is 2. The van der Waals surface area contributed by atoms with Crippen LogP contribution in [0, 0.1) is 0 Å². The Hall–Kier alpha value is -5.68. The number of aromatic hydroxyl groups is 1. The summed E-state index contributed by atoms with van der Waals surface area (Å²) in [6.45, 7) is 0. The second-order valence-electron chi connectivity index (χ2n) is 14.2. The van der Waals surface area contributed by atoms with Crippen LogP contribution in [0.15, 0.2) is 174 Å². The van der Waals surface area contributed by atoms with Gasteiger partial charge in [-0.05, 0) is 88.5 Å². The number of H-pyrrole nitrogens is 1. The number of aliphatic imine (C=N–C) groups is 2. The molecule has 3 aliphatic carbocycles. The van der Waals surface area contributed by atoms with Crippen molar-refractivity contribution >= 4 is 45.8 Å². The highest BCUT2D eigenvalue weighted by atomic mass is 35.5. The van der Waals surface area contributed by atoms with Crippen LogP contribution < -0.4 is 10.7 Å². The molecule has 1 fully saturated rings. The van der Waals surface area contributed by atoms with Crippen LogP contribution >= 0.6 is 23.2 Å². The van der Waals surface area contributed by atoms with Crippen LogP contribution in [0.4, 0.5) is 0 Å². The summed E-state index contributed by atoms with van der Waals surface area (Å²) in [6.07, 6.45) is 8.97. The number of aromatic nitrogens is 1. The van der Waals surface area contributed by atoms with Crippen molar-refractivity contribution in [3.05, 3.63) is 218 Å². The van der Waals surface area contributed by atoms with E-state index in [9.17, 15) is 5.11 Å². The first-order valence-corrected chi connectivity index (χ1v) is 18.2. The molecule has 4 nitrogen and oxygen atoms in total. The highest BCUT2D eigenvalue weighted by Gasteiger charge is 2.91. The maximum Gasteiger partial charge on any atom is 0.119 e. The van der Waals surface area contributed by atoms with E-state index in [-0.39, 0.29) is 5.75 Å². The average molecular weight is 711 g/mol. The Morgan fingerprint density at radius 3 is 1.48 bits per heavy atom. The van der Waals surface area contributed by atoms with Crippen LogP contribution in [-0.4, -0.2) is 32.6 Å². The Morgan fingerprint density at radius 1 is 0.500 bits per heavy atom. The van der Waals surface area contributed by atoms with Gasteiger partial charge in [-0.15, -0.1) is 0 Å². The maximum absolute atomic E-state index is 12.0. The molecule has 5 heterocycles. The van der Waals surface area contributed by atoms with Gasteiger partial charge in [-0.1, -0.05) is 126 Å². The second kappa shape index (κ2) is 10.2. The maximum atomic E-state index is 12.0. The number of rotatable bonds is 4. The number of hydrogen-bond acceptors (Lipinski definition) is 3. The quantitative estimate of drug-likeness (QED) is 0.190. The average Bonchev–Trinajstić information content (AvgIpc) is 3.95. The minimum Gasteiger partial charge on any atom is -0.508 e. The van der Waals surface area contributed by atoms with E-state index >= 15 is 0 Å². The smallest absolute Gasteiger partial charge is 0.119 e. The number of nitrogens with one attached hydrogen (secondary N) is 1. The molecule has 1 saturated carbocycles. The van der Waals surface area contributed by atoms with Gasteiger partial charge in [0.1, 0.15) is 16.8 Å². The van der Waals surface area contributed by atoms with Gasteiger partial charge in [0, 0.05) is 37.5 Å². The molecular weight excluding hydrogens is 681 g/mol. The van der Waals surface area contributed by atoms with Crippen LogP contribution in [0.3, 0.4) is 0 Å². The van der Waals surface area contributed by atoms with Crippen molar-refractivity contribution in [3.63, 3.8) is 0 Å². The predicted octanol–water partition coefficient (Wildman–Crippen LogP) is 8.24. The van der Waals surface area contributed by atoms with Gasteiger partial charge in [0.25, 0.3) is 0 Å². The third kappa shape index (κ3) is 3.32. The van der Waals surface area contributed by atoms with Crippen molar-refractivity contribution in [2.45, 2.75) is 21.9 Å². The molecule has 0 radical (unpaired) electrons. The third-order valence-electron chi connectivity index (χ3n) is 12.1. The van der Waals surface area contributed by atoms with Crippen LogP contribution in [-0.2, 0) is 10.8 Å². The predicted molar refractivity (Wildman–Crippen MR) is 209 cm³/mol. The summed E-state index contributed by atoms with van der Waals surface area (Å²) in [5.41, 5.74) is 6.05. The zero-order valence-corrected chi connectivity index (χ0v) is 29.2. The topological polar surface area (TPSA) is 60.7 Å². The lowest BCUT2D eigenvalue weighted by Gasteiger charge is -2.79. The molecule has 52 heavy (non-hydrogen) atoms. The van der Waals surface area contributed by atoms with Crippen molar-refractivity contribution in [2.75, 3.05) is 0 Å². The Balaban J connectivity index is 1.38. The molecule has 2 N–H and O–H groups in total. The Bertz CT molecular complexity index is 2640. The van der Waals surface area contributed by atoms with Gasteiger partial charge in [-0.25, -0.2) is 0 Å². The zero-order chi connectivity index (χ0) is 34.9. The summed E-state index contributed by atoms with van der Waals surface area (Å²) in [5.74, 6) is 0.227. The fourth-order valence-electron chi connectivity index (χ4n) is 10.4. The molecule has 1 aromatic heterocycles. The van der Waals surface area contributed by atoms with Gasteiger partial charge in [0.05, 0.1) is 22.3 Å². The Morgan fingerprint density at radius 2 is 0.981 bits per heavy atom. The molecule has 4 unspecified atom stereocenters. The zero-order valence-electron chi connectivity index (χ0n) is 27.7. The summed E-state index contributed by atoms with van der Waals surface area (Å²) in [7, 11) is 0. The summed E-state index contributed by atoms with van der Waals surface area (Å²) in [4.78, 5) is 15.8. The van der Waals surface area contributed by atoms with E-state index in [2.05, 4.69) is 132 Å². The van der Waals surface area contributed by atoms with E-state index in [1.54, 1.807) is 0 Å². The van der Waals surface area contributed by atoms with Crippen molar-refractivity contribution in [3.8, 4) is 5.75 Å². The van der Waals surface area contributed by atoms with E-state index in [1.165, 1.54) is 0 Å². The van der Waals surface area contributed by atoms with Gasteiger partial charge >= 0.3 is 0 Å². The van der Waals surface area contributed by atoms with Crippen LogP contribution in [0.25, 0.3) is 11.1 Å². The molecule has 10 bridgehead atoms. The fourth-order valence-corrected chi connectivity index (χ4v) is 10.7. The van der Waals surface area contributed by atoms with Crippen LogP contribution in [0.1, 0.15) is 33.4 Å². The summed E-state index contributed by atoms with van der Waals surface area (Å²) in [6, 6.07) is 47.6. The van der Waals surface area contributed by atoms with Crippen molar-refractivity contribution in [1.29, 1.82) is 0 Å². The van der Waals surface area contributed by atoms with E-state index in [0.29, 0.717) is 10.0 Å². The molecule has 0 amide bonds. The number of phenols is 1. The highest BCUT2D eigenvalue weighted by molar-refractivity contribution is 6.33. The van der Waals surface area contributed by atoms with E-state index in [4.69, 9.17) is 33.2 Å². The summed E-state index contributed by atoms with van der Waals surface area (Å²) < 4.78 is 0. The fraction of sp³-hybridized carbons (Fsp3) is 0.0870. The molecule has 248 valence electrons. The Labute approximate surface area is 310 Å². The molecule has 5 aromatic carbocycles. The van der Waals surface area contributed by atoms with E-state index < -0.39 is 21.9 Å². The lowest BCUT2D eigenvalue weighted by Crippen LogP contribution is -2.90. The largest absolute Gasteiger partial charge is 0.508 e. The standard InChI is InChI=1S/C46H29Cl2N3O/c47-33-16-11-28(12-17-33)41-36-20-21-37(49-36)42(29-13-18-34(48)19-14-29)39-24-26-44(51-39)45(30-7-3-1-4-8-30)32-15-22-40(52)35(27-32)46(44,31-9-5-2-6-10-31)43(45)25-23-38(41)50-43/h1-27,49,52H/b41-36-,42-37?. The Kier molecular flexibility index (Phi) is 5.90. The molecule has 4 aliphatic heterocycles. The molecule has 0 saturated heterocycles. The number of nitrogens with zero attached hydrogens (tertiary/aromatic N) is 2. The van der Waals surface area contributed by atoms with Crippen molar-refractivity contribution in [1.82, 2.24) is 4.98 Å². The van der Waals surface area contributed by atoms with Gasteiger partial charge in [0.2, 0.25) is 0 Å². The first kappa shape index (κ1) is 30.0. The van der Waals surface area contributed by atoms with Crippen molar-refractivity contribution in [2.24, 2.45) is 9.98 Å². The number of benzene rings is 5. The molecule has 4 atom stereocenters. The monoisotopic (exact) mass is 709 g/mol. The van der Waals surface area contributed by atoms with Crippen molar-refractivity contribution < 1.29 is 5.11 Å². The third-order valence-corrected chi connectivity index (χ3v) is 12.6. The minimum absolute atomic E-state index is 0.227. The van der Waals surface area contributed by atoms with Gasteiger partial charge in [-0.3, -0.25) is 9.98 Å². The summed E-state index contributed by atoms with van der Waals surface area (Å²) in [5, 5.41) is 15.2. The SMILES string of the molecule is Oc1ccc2cc1C1(c3ccccc3)C34C=CC(=N3)C(c3ccc(Cl)cc3)=c3cc/c([nH]3)=C(\c3ccc(Cl)cc3)C3=NC1(C=C3)C24c1ccccc1. The lowest BCUT2D eigenvalue weighted by molar-refractivity contribution is -0.0339. The second-order valence-corrected chi connectivity index (χ2v) is 15.1. The molecule has 6 aromatic rings. The van der Waals surface area contributed by atoms with Crippen LogP contribution in [0.5, 0.6) is 5.75 Å². The number of aromatic amines is 1. The first-order valence-electron chi connectivity index (χ1n) is 17.4. The molecule has 2 spiro atoms. The number of halogens is 2. The molecule has 7 aliphatic rings. The number of phenolic OH excluding ortho intramolecular Hbond substituents is 1. The van der Waals surface area contributed by atoms with E-state index in [0.717, 1.165) is 66.6 Å². The molecule has 6 heteroatoms. The normalized spacial score (nSPS) is 28.1. The number of allylic oxidation sites excluding steroid dienone is 2. The first-order chi connectivity index (χ1) is 25.4. The summed E-state index contributed by atoms with van der Waals surface area (Å²) >= 11 is 12.9. The van der Waals surface area contributed by atoms with Crippen LogP contribution in [0.2, 0.25) is 10.0 Å². The van der Waals surface area contributed by atoms with E-state index in [1.807, 2.05) is 36.4 Å². The minimum atomic E-state index is -0.934. The molecule has 13 rings (SSSR count). The van der Waals surface area contributed by atoms with Gasteiger partial charge in [-0.2, -0.15) is 0 Å². The lowest BCUT2D eigenvalue weighted by atomic mass is 9.23. The molecular formula is C46H29Cl2N3O.